The molecule has 0 nitrogen and oxygen atoms in total. The second-order valence-corrected chi connectivity index (χ2v) is 2.59. The number of halogens is 2. The number of rotatable bonds is 1. The molecule has 0 aliphatic carbocycles. The predicted molar refractivity (Wildman–Crippen MR) is 39.2 cm³/mol. The molecule has 0 aromatic carbocycles. The summed E-state index contributed by atoms with van der Waals surface area (Å²) in [6.45, 7) is 7.11. The molecule has 0 rings (SSSR count). The Kier molecular flexibility index (Phi) is 3.18. The van der Waals surface area contributed by atoms with E-state index in [4.69, 9.17) is 23.2 Å². The third-order valence-corrected chi connectivity index (χ3v) is 1.49. The molecule has 0 heterocycles. The topological polar surface area (TPSA) is 0 Å². The molecule has 0 aliphatic heterocycles. The van der Waals surface area contributed by atoms with Gasteiger partial charge in [-0.3, -0.25) is 0 Å². The highest BCUT2D eigenvalue weighted by atomic mass is 35.5. The van der Waals surface area contributed by atoms with E-state index in [0.29, 0.717) is 10.1 Å². The second kappa shape index (κ2) is 3.16. The van der Waals surface area contributed by atoms with Crippen molar-refractivity contribution in [3.63, 3.8) is 0 Å². The minimum atomic E-state index is 0.512. The fourth-order valence-electron chi connectivity index (χ4n) is 0.187. The largest absolute Gasteiger partial charge is 0.0891 e. The Morgan fingerprint density at radius 1 is 1.25 bits per heavy atom. The summed E-state index contributed by atoms with van der Waals surface area (Å²) in [6, 6.07) is 0. The zero-order chi connectivity index (χ0) is 6.73. The fourth-order valence-corrected chi connectivity index (χ4v) is 0.491. The van der Waals surface area contributed by atoms with E-state index >= 15 is 0 Å². The van der Waals surface area contributed by atoms with Crippen molar-refractivity contribution in [2.45, 2.75) is 13.8 Å². The average molecular weight is 151 g/mol. The van der Waals surface area contributed by atoms with Gasteiger partial charge in [0.25, 0.3) is 0 Å². The molecule has 0 aromatic heterocycles. The van der Waals surface area contributed by atoms with Crippen LogP contribution in [-0.4, -0.2) is 0 Å². The van der Waals surface area contributed by atoms with Gasteiger partial charge in [-0.25, -0.2) is 0 Å². The van der Waals surface area contributed by atoms with Crippen molar-refractivity contribution in [3.8, 4) is 0 Å². The maximum absolute atomic E-state index is 5.56. The van der Waals surface area contributed by atoms with Crippen LogP contribution in [0.3, 0.4) is 0 Å². The Morgan fingerprint density at radius 2 is 1.62 bits per heavy atom. The maximum Gasteiger partial charge on any atom is 0.0374 e. The first-order chi connectivity index (χ1) is 3.55. The van der Waals surface area contributed by atoms with Crippen LogP contribution in [0.15, 0.2) is 22.2 Å². The van der Waals surface area contributed by atoms with Crippen LogP contribution in [0.4, 0.5) is 0 Å². The van der Waals surface area contributed by atoms with Crippen LogP contribution >= 0.6 is 23.2 Å². The number of hydrogen-bond donors (Lipinski definition) is 0. The van der Waals surface area contributed by atoms with E-state index in [9.17, 15) is 0 Å². The lowest BCUT2D eigenvalue weighted by Gasteiger charge is -1.94. The third-order valence-electron chi connectivity index (χ3n) is 0.924. The minimum absolute atomic E-state index is 0.512. The van der Waals surface area contributed by atoms with Gasteiger partial charge in [-0.15, -0.1) is 0 Å². The molecule has 0 unspecified atom stereocenters. The summed E-state index contributed by atoms with van der Waals surface area (Å²) in [4.78, 5) is 0. The summed E-state index contributed by atoms with van der Waals surface area (Å²) < 4.78 is 0. The average Bonchev–Trinajstić information content (AvgIpc) is 1.64. The van der Waals surface area contributed by atoms with Gasteiger partial charge in [-0.1, -0.05) is 29.8 Å². The Bertz CT molecular complexity index is 129. The van der Waals surface area contributed by atoms with Crippen molar-refractivity contribution in [2.24, 2.45) is 0 Å². The van der Waals surface area contributed by atoms with Gasteiger partial charge in [0, 0.05) is 10.1 Å². The first-order valence-electron chi connectivity index (χ1n) is 2.23. The van der Waals surface area contributed by atoms with Gasteiger partial charge in [-0.05, 0) is 19.4 Å². The highest BCUT2D eigenvalue weighted by molar-refractivity contribution is 6.35. The smallest absolute Gasteiger partial charge is 0.0374 e. The molecule has 0 aromatic rings. The third kappa shape index (κ3) is 2.39. The Balaban J connectivity index is 4.23. The predicted octanol–water partition coefficient (Wildman–Crippen LogP) is 3.27. The molecule has 0 amide bonds. The molecule has 0 saturated carbocycles. The molecular formula is C6H8Cl2. The summed E-state index contributed by atoms with van der Waals surface area (Å²) in [5.41, 5.74) is 0.855. The van der Waals surface area contributed by atoms with Crippen molar-refractivity contribution < 1.29 is 0 Å². The summed E-state index contributed by atoms with van der Waals surface area (Å²) >= 11 is 11.0. The van der Waals surface area contributed by atoms with E-state index in [1.807, 2.05) is 6.92 Å². The zero-order valence-corrected chi connectivity index (χ0v) is 6.47. The first kappa shape index (κ1) is 8.06. The van der Waals surface area contributed by atoms with Crippen LogP contribution in [0.2, 0.25) is 0 Å². The fraction of sp³-hybridized carbons (Fsp3) is 0.333. The highest BCUT2D eigenvalue weighted by Gasteiger charge is 1.93. The summed E-state index contributed by atoms with van der Waals surface area (Å²) in [5.74, 6) is 0. The van der Waals surface area contributed by atoms with Crippen LogP contribution in [0.5, 0.6) is 0 Å². The molecule has 0 aliphatic rings. The summed E-state index contributed by atoms with van der Waals surface area (Å²) in [6.07, 6.45) is 0. The standard InChI is InChI=1S/C6H8Cl2/c1-4(5(2)7)6(3)8/h2H2,1,3H3. The van der Waals surface area contributed by atoms with Crippen molar-refractivity contribution in [2.75, 3.05) is 0 Å². The number of allylic oxidation sites excluding steroid dienone is 3. The maximum atomic E-state index is 5.56. The molecule has 46 valence electrons. The Labute approximate surface area is 59.8 Å². The quantitative estimate of drug-likeness (QED) is 0.504. The van der Waals surface area contributed by atoms with E-state index < -0.39 is 0 Å². The molecule has 0 bridgehead atoms. The lowest BCUT2D eigenvalue weighted by atomic mass is 10.3. The molecular weight excluding hydrogens is 143 g/mol. The van der Waals surface area contributed by atoms with Gasteiger partial charge in [0.2, 0.25) is 0 Å². The molecule has 0 N–H and O–H groups in total. The minimum Gasteiger partial charge on any atom is -0.0891 e. The van der Waals surface area contributed by atoms with Gasteiger partial charge >= 0.3 is 0 Å². The Hall–Kier alpha value is 0.0600. The summed E-state index contributed by atoms with van der Waals surface area (Å²) in [7, 11) is 0. The normalized spacial score (nSPS) is 13.0. The molecule has 0 atom stereocenters. The molecule has 0 spiro atoms. The SMILES string of the molecule is C=C(Cl)C(C)=C(C)Cl. The highest BCUT2D eigenvalue weighted by Crippen LogP contribution is 2.17. The van der Waals surface area contributed by atoms with Crippen LogP contribution in [0.25, 0.3) is 0 Å². The van der Waals surface area contributed by atoms with Gasteiger partial charge < -0.3 is 0 Å². The van der Waals surface area contributed by atoms with E-state index in [1.165, 1.54) is 0 Å². The van der Waals surface area contributed by atoms with Crippen LogP contribution in [-0.2, 0) is 0 Å². The van der Waals surface area contributed by atoms with Gasteiger partial charge in [0.05, 0.1) is 0 Å². The van der Waals surface area contributed by atoms with E-state index in [2.05, 4.69) is 6.58 Å². The van der Waals surface area contributed by atoms with Crippen LogP contribution in [0.1, 0.15) is 13.8 Å². The first-order valence-corrected chi connectivity index (χ1v) is 2.99. The van der Waals surface area contributed by atoms with Crippen LogP contribution in [0, 0.1) is 0 Å². The molecule has 2 heteroatoms. The van der Waals surface area contributed by atoms with Crippen molar-refractivity contribution in [1.82, 2.24) is 0 Å². The van der Waals surface area contributed by atoms with Crippen molar-refractivity contribution in [3.05, 3.63) is 22.2 Å². The molecule has 0 saturated heterocycles. The molecule has 8 heavy (non-hydrogen) atoms. The number of hydrogen-bond acceptors (Lipinski definition) is 0. The lowest BCUT2D eigenvalue weighted by molar-refractivity contribution is 1.43. The summed E-state index contributed by atoms with van der Waals surface area (Å²) in [5, 5.41) is 1.21. The Morgan fingerprint density at radius 3 is 1.62 bits per heavy atom. The van der Waals surface area contributed by atoms with E-state index in [1.54, 1.807) is 6.92 Å². The van der Waals surface area contributed by atoms with E-state index in [-0.39, 0.29) is 0 Å². The van der Waals surface area contributed by atoms with Crippen LogP contribution < -0.4 is 0 Å². The van der Waals surface area contributed by atoms with Gasteiger partial charge in [-0.2, -0.15) is 0 Å². The van der Waals surface area contributed by atoms with Gasteiger partial charge in [0.15, 0.2) is 0 Å². The second-order valence-electron chi connectivity index (χ2n) is 1.56. The monoisotopic (exact) mass is 150 g/mol. The lowest BCUT2D eigenvalue weighted by Crippen LogP contribution is -1.73. The van der Waals surface area contributed by atoms with Gasteiger partial charge in [0.1, 0.15) is 0 Å². The van der Waals surface area contributed by atoms with Crippen molar-refractivity contribution >= 4 is 23.2 Å². The zero-order valence-electron chi connectivity index (χ0n) is 4.96. The van der Waals surface area contributed by atoms with E-state index in [0.717, 1.165) is 5.57 Å². The van der Waals surface area contributed by atoms with Crippen molar-refractivity contribution in [1.29, 1.82) is 0 Å². The molecule has 0 fully saturated rings. The molecule has 0 radical (unpaired) electrons.